The molecule has 1 fully saturated rings. The molecule has 1 rings (SSSR count). The molecule has 0 aromatic heterocycles. The molecule has 1 amide bonds. The summed E-state index contributed by atoms with van der Waals surface area (Å²) in [6.45, 7) is 6.06. The van der Waals surface area contributed by atoms with Crippen molar-refractivity contribution in [3.63, 3.8) is 0 Å². The molecule has 1 aliphatic heterocycles. The lowest BCUT2D eigenvalue weighted by Gasteiger charge is -2.15. The van der Waals surface area contributed by atoms with Crippen molar-refractivity contribution in [2.24, 2.45) is 17.6 Å². The van der Waals surface area contributed by atoms with Gasteiger partial charge in [0.05, 0.1) is 0 Å². The Kier molecular flexibility index (Phi) is 8.07. The van der Waals surface area contributed by atoms with E-state index < -0.39 is 0 Å². The van der Waals surface area contributed by atoms with Crippen LogP contribution in [0.1, 0.15) is 45.4 Å². The summed E-state index contributed by atoms with van der Waals surface area (Å²) in [7, 11) is 2.14. The van der Waals surface area contributed by atoms with E-state index in [0.717, 1.165) is 39.0 Å². The zero-order valence-electron chi connectivity index (χ0n) is 12.7. The van der Waals surface area contributed by atoms with E-state index in [-0.39, 0.29) is 5.91 Å². The molecule has 2 unspecified atom stereocenters. The van der Waals surface area contributed by atoms with Crippen molar-refractivity contribution in [2.75, 3.05) is 33.2 Å². The molecule has 0 spiro atoms. The van der Waals surface area contributed by atoms with Crippen LogP contribution in [0.2, 0.25) is 0 Å². The largest absolute Gasteiger partial charge is 0.356 e. The molecule has 1 saturated heterocycles. The Hall–Kier alpha value is -0.610. The van der Waals surface area contributed by atoms with Gasteiger partial charge in [0.25, 0.3) is 0 Å². The summed E-state index contributed by atoms with van der Waals surface area (Å²) in [4.78, 5) is 14.2. The van der Waals surface area contributed by atoms with Crippen LogP contribution in [0, 0.1) is 11.8 Å². The van der Waals surface area contributed by atoms with E-state index in [4.69, 9.17) is 5.73 Å². The van der Waals surface area contributed by atoms with Gasteiger partial charge in [-0.2, -0.15) is 0 Å². The molecule has 0 radical (unpaired) electrons. The van der Waals surface area contributed by atoms with Crippen molar-refractivity contribution >= 4 is 5.91 Å². The van der Waals surface area contributed by atoms with Gasteiger partial charge in [-0.1, -0.05) is 19.8 Å². The smallest absolute Gasteiger partial charge is 0.220 e. The number of rotatable bonds is 9. The number of carbonyl (C=O) groups is 1. The summed E-state index contributed by atoms with van der Waals surface area (Å²) in [6.07, 6.45) is 6.28. The molecule has 1 aliphatic rings. The van der Waals surface area contributed by atoms with Gasteiger partial charge in [-0.15, -0.1) is 0 Å². The molecule has 112 valence electrons. The van der Waals surface area contributed by atoms with Gasteiger partial charge in [0, 0.05) is 19.5 Å². The highest BCUT2D eigenvalue weighted by Gasteiger charge is 2.19. The lowest BCUT2D eigenvalue weighted by Crippen LogP contribution is -2.30. The van der Waals surface area contributed by atoms with E-state index in [0.29, 0.717) is 18.3 Å². The van der Waals surface area contributed by atoms with Gasteiger partial charge in [-0.05, 0) is 51.2 Å². The van der Waals surface area contributed by atoms with E-state index in [2.05, 4.69) is 24.2 Å². The summed E-state index contributed by atoms with van der Waals surface area (Å²) >= 11 is 0. The third-order valence-corrected chi connectivity index (χ3v) is 4.13. The van der Waals surface area contributed by atoms with Gasteiger partial charge in [-0.3, -0.25) is 4.79 Å². The summed E-state index contributed by atoms with van der Waals surface area (Å²) in [6, 6.07) is 0. The van der Waals surface area contributed by atoms with Gasteiger partial charge in [0.2, 0.25) is 5.91 Å². The van der Waals surface area contributed by atoms with Gasteiger partial charge < -0.3 is 16.0 Å². The van der Waals surface area contributed by atoms with E-state index in [1.165, 1.54) is 19.3 Å². The SMILES string of the molecule is CCCC(CCN)CCC(=O)NCC1CCN(C)C1. The van der Waals surface area contributed by atoms with Gasteiger partial charge in [0.15, 0.2) is 0 Å². The zero-order valence-corrected chi connectivity index (χ0v) is 12.7. The number of likely N-dealkylation sites (tertiary alicyclic amines) is 1. The minimum Gasteiger partial charge on any atom is -0.356 e. The minimum absolute atomic E-state index is 0.215. The summed E-state index contributed by atoms with van der Waals surface area (Å²) < 4.78 is 0. The average Bonchev–Trinajstić information content (AvgIpc) is 2.80. The summed E-state index contributed by atoms with van der Waals surface area (Å²) in [5, 5.41) is 3.09. The highest BCUT2D eigenvalue weighted by atomic mass is 16.1. The van der Waals surface area contributed by atoms with Crippen LogP contribution in [-0.4, -0.2) is 44.0 Å². The molecule has 4 heteroatoms. The van der Waals surface area contributed by atoms with Gasteiger partial charge in [-0.25, -0.2) is 0 Å². The van der Waals surface area contributed by atoms with Crippen LogP contribution in [0.15, 0.2) is 0 Å². The second kappa shape index (κ2) is 9.32. The monoisotopic (exact) mass is 269 g/mol. The minimum atomic E-state index is 0.215. The van der Waals surface area contributed by atoms with Crippen molar-refractivity contribution in [3.8, 4) is 0 Å². The Morgan fingerprint density at radius 1 is 1.42 bits per heavy atom. The molecular formula is C15H31N3O. The van der Waals surface area contributed by atoms with Crippen LogP contribution in [0.3, 0.4) is 0 Å². The topological polar surface area (TPSA) is 58.4 Å². The average molecular weight is 269 g/mol. The lowest BCUT2D eigenvalue weighted by molar-refractivity contribution is -0.121. The van der Waals surface area contributed by atoms with Crippen LogP contribution in [0.25, 0.3) is 0 Å². The molecule has 3 N–H and O–H groups in total. The highest BCUT2D eigenvalue weighted by Crippen LogP contribution is 2.17. The predicted molar refractivity (Wildman–Crippen MR) is 79.9 cm³/mol. The first-order valence-corrected chi connectivity index (χ1v) is 7.81. The van der Waals surface area contributed by atoms with Gasteiger partial charge in [0.1, 0.15) is 0 Å². The standard InChI is InChI=1S/C15H31N3O/c1-3-4-13(7-9-16)5-6-15(19)17-11-14-8-10-18(2)12-14/h13-14H,3-12,16H2,1-2H3,(H,17,19). The first-order valence-electron chi connectivity index (χ1n) is 7.81. The van der Waals surface area contributed by atoms with E-state index in [1.807, 2.05) is 0 Å². The number of carbonyl (C=O) groups excluding carboxylic acids is 1. The van der Waals surface area contributed by atoms with E-state index >= 15 is 0 Å². The molecule has 0 aromatic rings. The first-order chi connectivity index (χ1) is 9.15. The highest BCUT2D eigenvalue weighted by molar-refractivity contribution is 5.75. The lowest BCUT2D eigenvalue weighted by atomic mass is 9.94. The molecule has 2 atom stereocenters. The van der Waals surface area contributed by atoms with E-state index in [1.54, 1.807) is 0 Å². The Bertz CT molecular complexity index is 252. The predicted octanol–water partition coefficient (Wildman–Crippen LogP) is 1.60. The van der Waals surface area contributed by atoms with Crippen molar-refractivity contribution in [1.29, 1.82) is 0 Å². The fourth-order valence-corrected chi connectivity index (χ4v) is 2.95. The molecule has 0 bridgehead atoms. The molecule has 0 saturated carbocycles. The molecule has 4 nitrogen and oxygen atoms in total. The second-order valence-corrected chi connectivity index (χ2v) is 5.99. The molecule has 0 aliphatic carbocycles. The fourth-order valence-electron chi connectivity index (χ4n) is 2.95. The maximum absolute atomic E-state index is 11.8. The number of nitrogens with one attached hydrogen (secondary N) is 1. The van der Waals surface area contributed by atoms with Crippen molar-refractivity contribution in [1.82, 2.24) is 10.2 Å². The maximum atomic E-state index is 11.8. The summed E-state index contributed by atoms with van der Waals surface area (Å²) in [5.41, 5.74) is 5.62. The second-order valence-electron chi connectivity index (χ2n) is 5.99. The van der Waals surface area contributed by atoms with Crippen molar-refractivity contribution in [2.45, 2.75) is 45.4 Å². The molecule has 1 heterocycles. The number of hydrogen-bond acceptors (Lipinski definition) is 3. The van der Waals surface area contributed by atoms with Crippen molar-refractivity contribution in [3.05, 3.63) is 0 Å². The van der Waals surface area contributed by atoms with Crippen LogP contribution < -0.4 is 11.1 Å². The summed E-state index contributed by atoms with van der Waals surface area (Å²) in [5.74, 6) is 1.48. The first kappa shape index (κ1) is 16.4. The Balaban J connectivity index is 2.12. The number of nitrogens with zero attached hydrogens (tertiary/aromatic N) is 1. The number of amides is 1. The third kappa shape index (κ3) is 6.92. The van der Waals surface area contributed by atoms with Crippen LogP contribution in [0.5, 0.6) is 0 Å². The Morgan fingerprint density at radius 2 is 2.21 bits per heavy atom. The normalized spacial score (nSPS) is 21.5. The van der Waals surface area contributed by atoms with Gasteiger partial charge >= 0.3 is 0 Å². The Labute approximate surface area is 118 Å². The van der Waals surface area contributed by atoms with Crippen LogP contribution in [0.4, 0.5) is 0 Å². The fraction of sp³-hybridized carbons (Fsp3) is 0.933. The molecule has 19 heavy (non-hydrogen) atoms. The number of hydrogen-bond donors (Lipinski definition) is 2. The van der Waals surface area contributed by atoms with Crippen LogP contribution in [-0.2, 0) is 4.79 Å². The third-order valence-electron chi connectivity index (χ3n) is 4.13. The van der Waals surface area contributed by atoms with Crippen molar-refractivity contribution < 1.29 is 4.79 Å². The quantitative estimate of drug-likeness (QED) is 0.668. The maximum Gasteiger partial charge on any atom is 0.220 e. The molecular weight excluding hydrogens is 238 g/mol. The number of nitrogens with two attached hydrogens (primary N) is 1. The zero-order chi connectivity index (χ0) is 14.1. The van der Waals surface area contributed by atoms with E-state index in [9.17, 15) is 4.79 Å². The van der Waals surface area contributed by atoms with Crippen LogP contribution >= 0.6 is 0 Å². The molecule has 0 aromatic carbocycles. The Morgan fingerprint density at radius 3 is 2.79 bits per heavy atom.